The van der Waals surface area contributed by atoms with Gasteiger partial charge < -0.3 is 14.5 Å². The zero-order valence-corrected chi connectivity index (χ0v) is 19.8. The van der Waals surface area contributed by atoms with Crippen LogP contribution in [0.15, 0.2) is 41.6 Å². The maximum absolute atomic E-state index is 12.7. The second kappa shape index (κ2) is 9.23. The van der Waals surface area contributed by atoms with Crippen molar-refractivity contribution in [3.05, 3.63) is 58.1 Å². The second-order valence-electron chi connectivity index (χ2n) is 8.58. The summed E-state index contributed by atoms with van der Waals surface area (Å²) >= 11 is 0. The summed E-state index contributed by atoms with van der Waals surface area (Å²) in [5.41, 5.74) is 4.60. The number of ether oxygens (including phenoxy) is 2. The highest BCUT2D eigenvalue weighted by Crippen LogP contribution is 2.39. The van der Waals surface area contributed by atoms with Crippen molar-refractivity contribution in [2.24, 2.45) is 0 Å². The molecule has 1 aliphatic rings. The molecular formula is C25H30N4O4. The summed E-state index contributed by atoms with van der Waals surface area (Å²) in [6, 6.07) is 5.81. The van der Waals surface area contributed by atoms with E-state index in [4.69, 9.17) is 9.47 Å². The van der Waals surface area contributed by atoms with Gasteiger partial charge >= 0.3 is 0 Å². The van der Waals surface area contributed by atoms with E-state index in [1.807, 2.05) is 27.8 Å². The van der Waals surface area contributed by atoms with Crippen molar-refractivity contribution >= 4 is 5.78 Å². The summed E-state index contributed by atoms with van der Waals surface area (Å²) in [7, 11) is 3.34. The van der Waals surface area contributed by atoms with E-state index >= 15 is 0 Å². The lowest BCUT2D eigenvalue weighted by Crippen LogP contribution is -2.44. The summed E-state index contributed by atoms with van der Waals surface area (Å²) in [5.74, 6) is 0.470. The number of fused-ring (bicyclic) bond motifs is 3. The normalized spacial score (nSPS) is 12.6. The molecule has 0 saturated heterocycles. The zero-order valence-electron chi connectivity index (χ0n) is 19.8. The van der Waals surface area contributed by atoms with Gasteiger partial charge in [0.05, 0.1) is 31.1 Å². The smallest absolute Gasteiger partial charge is 0.193 e. The highest BCUT2D eigenvalue weighted by Gasteiger charge is 2.27. The number of nitrogens with zero attached hydrogens (tertiary/aromatic N) is 4. The van der Waals surface area contributed by atoms with Gasteiger partial charge in [0.25, 0.3) is 0 Å². The molecule has 174 valence electrons. The van der Waals surface area contributed by atoms with Crippen LogP contribution in [0.3, 0.4) is 0 Å². The molecule has 0 spiro atoms. The molecular weight excluding hydrogens is 420 g/mol. The molecule has 1 aromatic carbocycles. The molecule has 0 radical (unpaired) electrons. The van der Waals surface area contributed by atoms with Crippen molar-refractivity contribution in [2.75, 3.05) is 25.8 Å². The highest BCUT2D eigenvalue weighted by molar-refractivity contribution is 5.94. The number of hydrogen-bond acceptors (Lipinski definition) is 6. The summed E-state index contributed by atoms with van der Waals surface area (Å²) in [6.07, 6.45) is 6.40. The number of rotatable bonds is 8. The van der Waals surface area contributed by atoms with E-state index in [0.29, 0.717) is 18.9 Å². The number of aromatic nitrogens is 3. The maximum Gasteiger partial charge on any atom is 0.193 e. The van der Waals surface area contributed by atoms with Gasteiger partial charge in [-0.15, -0.1) is 0 Å². The van der Waals surface area contributed by atoms with Crippen LogP contribution in [0, 0.1) is 0 Å². The second-order valence-corrected chi connectivity index (χ2v) is 8.58. The first kappa shape index (κ1) is 22.8. The Hall–Kier alpha value is -3.39. The average molecular weight is 451 g/mol. The molecule has 8 nitrogen and oxygen atoms in total. The van der Waals surface area contributed by atoms with Crippen molar-refractivity contribution in [2.45, 2.75) is 46.3 Å². The van der Waals surface area contributed by atoms with E-state index in [1.54, 1.807) is 26.5 Å². The summed E-state index contributed by atoms with van der Waals surface area (Å²) in [6.45, 7) is 7.71. The predicted molar refractivity (Wildman–Crippen MR) is 127 cm³/mol. The topological polar surface area (TPSA) is 78.6 Å². The van der Waals surface area contributed by atoms with Crippen molar-refractivity contribution in [3.63, 3.8) is 0 Å². The van der Waals surface area contributed by atoms with Crippen LogP contribution in [0.25, 0.3) is 22.4 Å². The SMILES string of the molecule is COCCCn1cc(-c2cc3c(cc2OC)-c2cc(=O)c(C(C)=O)cn2N(C(C)C)C3)cn1. The van der Waals surface area contributed by atoms with E-state index in [9.17, 15) is 9.59 Å². The Morgan fingerprint density at radius 2 is 1.94 bits per heavy atom. The van der Waals surface area contributed by atoms with Crippen LogP contribution in [0.5, 0.6) is 5.75 Å². The lowest BCUT2D eigenvalue weighted by molar-refractivity contribution is 0.101. The number of benzene rings is 1. The lowest BCUT2D eigenvalue weighted by Gasteiger charge is -2.38. The third-order valence-electron chi connectivity index (χ3n) is 6.00. The van der Waals surface area contributed by atoms with Crippen LogP contribution in [0.2, 0.25) is 0 Å². The van der Waals surface area contributed by atoms with Gasteiger partial charge in [0.2, 0.25) is 0 Å². The van der Waals surface area contributed by atoms with Gasteiger partial charge in [0.15, 0.2) is 11.2 Å². The average Bonchev–Trinajstić information content (AvgIpc) is 3.25. The van der Waals surface area contributed by atoms with Gasteiger partial charge in [0, 0.05) is 61.5 Å². The monoisotopic (exact) mass is 450 g/mol. The standard InChI is InChI=1S/C25H30N4O4/c1-16(2)28-14-18-9-21(19-12-26-27(13-19)7-6-8-32-4)25(33-5)10-20(18)23-11-24(31)22(17(3)30)15-29(23)28/h9-13,15-16H,6-8,14H2,1-5H3. The summed E-state index contributed by atoms with van der Waals surface area (Å²) < 4.78 is 14.7. The third-order valence-corrected chi connectivity index (χ3v) is 6.00. The molecule has 0 N–H and O–H groups in total. The van der Waals surface area contributed by atoms with Gasteiger partial charge in [-0.3, -0.25) is 18.9 Å². The number of aryl methyl sites for hydroxylation is 1. The van der Waals surface area contributed by atoms with Gasteiger partial charge in [-0.05, 0) is 44.9 Å². The van der Waals surface area contributed by atoms with E-state index in [1.165, 1.54) is 6.92 Å². The highest BCUT2D eigenvalue weighted by atomic mass is 16.5. The molecule has 8 heteroatoms. The minimum atomic E-state index is -0.273. The third kappa shape index (κ3) is 4.30. The first-order valence-corrected chi connectivity index (χ1v) is 11.1. The van der Waals surface area contributed by atoms with Crippen LogP contribution in [0.1, 0.15) is 43.1 Å². The molecule has 3 heterocycles. The number of ketones is 1. The Morgan fingerprint density at radius 3 is 2.61 bits per heavy atom. The van der Waals surface area contributed by atoms with Crippen molar-refractivity contribution in [3.8, 4) is 28.1 Å². The van der Waals surface area contributed by atoms with Crippen LogP contribution in [-0.4, -0.2) is 47.1 Å². The largest absolute Gasteiger partial charge is 0.496 e. The Bertz CT molecular complexity index is 1240. The molecule has 33 heavy (non-hydrogen) atoms. The fourth-order valence-corrected chi connectivity index (χ4v) is 4.27. The van der Waals surface area contributed by atoms with Gasteiger partial charge in [-0.25, -0.2) is 0 Å². The molecule has 0 amide bonds. The molecule has 3 aromatic rings. The van der Waals surface area contributed by atoms with Crippen LogP contribution < -0.4 is 15.2 Å². The Kier molecular flexibility index (Phi) is 6.37. The van der Waals surface area contributed by atoms with Crippen LogP contribution in [0.4, 0.5) is 0 Å². The fraction of sp³-hybridized carbons (Fsp3) is 0.400. The van der Waals surface area contributed by atoms with Gasteiger partial charge in [0.1, 0.15) is 5.75 Å². The number of methoxy groups -OCH3 is 2. The number of pyridine rings is 1. The van der Waals surface area contributed by atoms with Crippen molar-refractivity contribution < 1.29 is 14.3 Å². The number of carbonyl (C=O) groups excluding carboxylic acids is 1. The number of carbonyl (C=O) groups is 1. The van der Waals surface area contributed by atoms with Gasteiger partial charge in [-0.2, -0.15) is 5.10 Å². The van der Waals surface area contributed by atoms with E-state index in [-0.39, 0.29) is 22.8 Å². The van der Waals surface area contributed by atoms with Gasteiger partial charge in [-0.1, -0.05) is 0 Å². The first-order valence-electron chi connectivity index (χ1n) is 11.1. The quantitative estimate of drug-likeness (QED) is 0.386. The Morgan fingerprint density at radius 1 is 1.15 bits per heavy atom. The lowest BCUT2D eigenvalue weighted by atomic mass is 9.95. The minimum absolute atomic E-state index is 0.160. The molecule has 2 aromatic heterocycles. The molecule has 4 rings (SSSR count). The minimum Gasteiger partial charge on any atom is -0.496 e. The van der Waals surface area contributed by atoms with Crippen molar-refractivity contribution in [1.82, 2.24) is 14.5 Å². The molecule has 0 aliphatic carbocycles. The molecule has 0 bridgehead atoms. The molecule has 0 unspecified atom stereocenters. The van der Waals surface area contributed by atoms with Crippen molar-refractivity contribution in [1.29, 1.82) is 0 Å². The Balaban J connectivity index is 1.82. The number of Topliss-reactive ketones (excluding diaryl/α,β-unsaturated/α-hetero) is 1. The maximum atomic E-state index is 12.7. The molecule has 0 atom stereocenters. The van der Waals surface area contributed by atoms with E-state index in [2.05, 4.69) is 30.0 Å². The number of hydrogen-bond donors (Lipinski definition) is 0. The van der Waals surface area contributed by atoms with Crippen LogP contribution >= 0.6 is 0 Å². The predicted octanol–water partition coefficient (Wildman–Crippen LogP) is 3.49. The molecule has 0 fully saturated rings. The van der Waals surface area contributed by atoms with Crippen LogP contribution in [-0.2, 0) is 17.8 Å². The first-order chi connectivity index (χ1) is 15.8. The molecule has 1 aliphatic heterocycles. The Labute approximate surface area is 193 Å². The fourth-order valence-electron chi connectivity index (χ4n) is 4.27. The molecule has 0 saturated carbocycles. The zero-order chi connectivity index (χ0) is 23.7. The van der Waals surface area contributed by atoms with E-state index < -0.39 is 0 Å². The van der Waals surface area contributed by atoms with E-state index in [0.717, 1.165) is 40.9 Å². The summed E-state index contributed by atoms with van der Waals surface area (Å²) in [4.78, 5) is 24.7. The summed E-state index contributed by atoms with van der Waals surface area (Å²) in [5, 5.41) is 6.63.